The minimum absolute atomic E-state index is 0.312. The Balaban J connectivity index is 1.63. The van der Waals surface area contributed by atoms with Crippen LogP contribution in [0.3, 0.4) is 0 Å². The maximum Gasteiger partial charge on any atom is 0.358 e. The first-order valence-corrected chi connectivity index (χ1v) is 10.3. The van der Waals surface area contributed by atoms with Crippen LogP contribution in [0.4, 0.5) is 0 Å². The number of esters is 1. The molecule has 0 N–H and O–H groups in total. The number of carbonyl (C=O) groups is 1. The highest BCUT2D eigenvalue weighted by Crippen LogP contribution is 2.31. The SMILES string of the molecule is CCOC(=O)c1ncn2c1Cc1c(CC3=CC=CC(C)C3)nnn1-c1ccccc1-2. The molecular formula is C23H23N5O2. The molecule has 1 aliphatic carbocycles. The van der Waals surface area contributed by atoms with E-state index in [1.807, 2.05) is 33.5 Å². The molecule has 0 spiro atoms. The van der Waals surface area contributed by atoms with E-state index in [0.29, 0.717) is 24.6 Å². The minimum atomic E-state index is -0.403. The van der Waals surface area contributed by atoms with Gasteiger partial charge in [-0.1, -0.05) is 48.1 Å². The number of para-hydroxylation sites is 2. The molecule has 0 bridgehead atoms. The van der Waals surface area contributed by atoms with E-state index in [2.05, 4.69) is 40.4 Å². The Labute approximate surface area is 174 Å². The first-order chi connectivity index (χ1) is 14.7. The monoisotopic (exact) mass is 401 g/mol. The summed E-state index contributed by atoms with van der Waals surface area (Å²) in [5.74, 6) is 0.122. The van der Waals surface area contributed by atoms with E-state index >= 15 is 0 Å². The Morgan fingerprint density at radius 3 is 2.87 bits per heavy atom. The summed E-state index contributed by atoms with van der Waals surface area (Å²) in [7, 11) is 0. The molecule has 1 aromatic carbocycles. The number of hydrogen-bond donors (Lipinski definition) is 0. The van der Waals surface area contributed by atoms with Crippen LogP contribution in [0.25, 0.3) is 11.4 Å². The van der Waals surface area contributed by atoms with Gasteiger partial charge in [-0.25, -0.2) is 14.5 Å². The van der Waals surface area contributed by atoms with Crippen molar-refractivity contribution in [1.82, 2.24) is 24.5 Å². The van der Waals surface area contributed by atoms with E-state index in [-0.39, 0.29) is 0 Å². The molecule has 3 aromatic rings. The summed E-state index contributed by atoms with van der Waals surface area (Å²) in [6.07, 6.45) is 10.5. The van der Waals surface area contributed by atoms with Crippen molar-refractivity contribution in [3.63, 3.8) is 0 Å². The first kappa shape index (κ1) is 18.5. The Kier molecular flexibility index (Phi) is 4.58. The van der Waals surface area contributed by atoms with Crippen molar-refractivity contribution < 1.29 is 9.53 Å². The predicted octanol–water partition coefficient (Wildman–Crippen LogP) is 3.60. The van der Waals surface area contributed by atoms with Crippen molar-refractivity contribution >= 4 is 5.97 Å². The molecule has 1 aliphatic heterocycles. The normalized spacial score (nSPS) is 16.9. The lowest BCUT2D eigenvalue weighted by Crippen LogP contribution is -2.11. The molecule has 5 rings (SSSR count). The quantitative estimate of drug-likeness (QED) is 0.489. The molecule has 0 saturated heterocycles. The van der Waals surface area contributed by atoms with Crippen LogP contribution < -0.4 is 0 Å². The third-order valence-corrected chi connectivity index (χ3v) is 5.63. The van der Waals surface area contributed by atoms with Gasteiger partial charge in [0.15, 0.2) is 5.69 Å². The Bertz CT molecular complexity index is 1180. The molecule has 3 heterocycles. The van der Waals surface area contributed by atoms with E-state index in [4.69, 9.17) is 4.74 Å². The summed E-state index contributed by atoms with van der Waals surface area (Å²) in [6.45, 7) is 4.33. The van der Waals surface area contributed by atoms with Crippen LogP contribution in [-0.2, 0) is 17.6 Å². The van der Waals surface area contributed by atoms with Gasteiger partial charge in [-0.15, -0.1) is 5.10 Å². The molecule has 2 aliphatic rings. The van der Waals surface area contributed by atoms with E-state index in [9.17, 15) is 4.79 Å². The number of hydrogen-bond acceptors (Lipinski definition) is 5. The Morgan fingerprint density at radius 1 is 1.23 bits per heavy atom. The lowest BCUT2D eigenvalue weighted by molar-refractivity contribution is 0.0519. The number of aromatic nitrogens is 5. The standard InChI is InChI=1S/C23H23N5O2/c1-3-30-23(29)22-21-13-20-17(12-16-8-6-7-15(2)11-16)25-26-28(20)19-10-5-4-9-18(19)27(21)14-24-22/h4-10,14-15H,3,11-13H2,1-2H3. The number of fused-ring (bicyclic) bond motifs is 5. The molecule has 0 fully saturated rings. The third-order valence-electron chi connectivity index (χ3n) is 5.63. The number of nitrogens with zero attached hydrogens (tertiary/aromatic N) is 5. The summed E-state index contributed by atoms with van der Waals surface area (Å²) in [4.78, 5) is 16.9. The second-order valence-electron chi connectivity index (χ2n) is 7.76. The molecule has 0 saturated carbocycles. The first-order valence-electron chi connectivity index (χ1n) is 10.3. The predicted molar refractivity (Wildman–Crippen MR) is 112 cm³/mol. The summed E-state index contributed by atoms with van der Waals surface area (Å²) in [5, 5.41) is 9.02. The average molecular weight is 401 g/mol. The van der Waals surface area contributed by atoms with Gasteiger partial charge in [0.05, 0.1) is 35.1 Å². The molecule has 1 unspecified atom stereocenters. The van der Waals surface area contributed by atoms with Gasteiger partial charge in [0, 0.05) is 12.8 Å². The van der Waals surface area contributed by atoms with Crippen LogP contribution in [0.1, 0.15) is 47.8 Å². The summed E-state index contributed by atoms with van der Waals surface area (Å²) >= 11 is 0. The Hall–Kier alpha value is -3.48. The van der Waals surface area contributed by atoms with E-state index in [1.54, 1.807) is 13.3 Å². The zero-order valence-electron chi connectivity index (χ0n) is 17.1. The largest absolute Gasteiger partial charge is 0.461 e. The van der Waals surface area contributed by atoms with E-state index in [0.717, 1.165) is 41.3 Å². The van der Waals surface area contributed by atoms with Gasteiger partial charge in [-0.2, -0.15) is 0 Å². The van der Waals surface area contributed by atoms with Crippen molar-refractivity contribution in [1.29, 1.82) is 0 Å². The third kappa shape index (κ3) is 3.07. The van der Waals surface area contributed by atoms with Crippen LogP contribution >= 0.6 is 0 Å². The van der Waals surface area contributed by atoms with Crippen molar-refractivity contribution in [3.05, 3.63) is 77.2 Å². The number of allylic oxidation sites excluding steroid dienone is 4. The van der Waals surface area contributed by atoms with Crippen LogP contribution in [0.2, 0.25) is 0 Å². The maximum atomic E-state index is 12.5. The lowest BCUT2D eigenvalue weighted by Gasteiger charge is -2.14. The van der Waals surface area contributed by atoms with Crippen molar-refractivity contribution in [2.75, 3.05) is 6.61 Å². The highest BCUT2D eigenvalue weighted by Gasteiger charge is 2.28. The molecular weight excluding hydrogens is 378 g/mol. The number of imidazole rings is 1. The number of ether oxygens (including phenoxy) is 1. The van der Waals surface area contributed by atoms with Crippen molar-refractivity contribution in [2.24, 2.45) is 5.92 Å². The molecule has 30 heavy (non-hydrogen) atoms. The summed E-state index contributed by atoms with van der Waals surface area (Å²) in [6, 6.07) is 7.97. The average Bonchev–Trinajstić information content (AvgIpc) is 3.30. The fourth-order valence-electron chi connectivity index (χ4n) is 4.24. The van der Waals surface area contributed by atoms with Gasteiger partial charge in [0.1, 0.15) is 6.33 Å². The van der Waals surface area contributed by atoms with Crippen LogP contribution in [0, 0.1) is 5.92 Å². The molecule has 0 amide bonds. The van der Waals surface area contributed by atoms with Gasteiger partial charge in [0.25, 0.3) is 0 Å². The second-order valence-corrected chi connectivity index (χ2v) is 7.76. The zero-order chi connectivity index (χ0) is 20.7. The van der Waals surface area contributed by atoms with Crippen molar-refractivity contribution in [3.8, 4) is 11.4 Å². The van der Waals surface area contributed by atoms with Gasteiger partial charge >= 0.3 is 5.97 Å². The van der Waals surface area contributed by atoms with Gasteiger partial charge in [0.2, 0.25) is 0 Å². The maximum absolute atomic E-state index is 12.5. The fourth-order valence-corrected chi connectivity index (χ4v) is 4.24. The molecule has 2 aromatic heterocycles. The lowest BCUT2D eigenvalue weighted by atomic mass is 9.92. The minimum Gasteiger partial charge on any atom is -0.461 e. The highest BCUT2D eigenvalue weighted by atomic mass is 16.5. The topological polar surface area (TPSA) is 74.8 Å². The molecule has 1 atom stereocenters. The number of carbonyl (C=O) groups excluding carboxylic acids is 1. The number of benzene rings is 1. The smallest absolute Gasteiger partial charge is 0.358 e. The van der Waals surface area contributed by atoms with E-state index in [1.165, 1.54) is 5.57 Å². The fraction of sp³-hybridized carbons (Fsp3) is 0.304. The van der Waals surface area contributed by atoms with Crippen LogP contribution in [0.5, 0.6) is 0 Å². The summed E-state index contributed by atoms with van der Waals surface area (Å²) in [5.41, 5.74) is 6.24. The van der Waals surface area contributed by atoms with Crippen molar-refractivity contribution in [2.45, 2.75) is 33.1 Å². The second kappa shape index (κ2) is 7.40. The van der Waals surface area contributed by atoms with E-state index < -0.39 is 5.97 Å². The summed E-state index contributed by atoms with van der Waals surface area (Å²) < 4.78 is 9.11. The molecule has 0 radical (unpaired) electrons. The number of rotatable bonds is 4. The van der Waals surface area contributed by atoms with Crippen LogP contribution in [-0.4, -0.2) is 37.1 Å². The highest BCUT2D eigenvalue weighted by molar-refractivity contribution is 5.89. The van der Waals surface area contributed by atoms with Gasteiger partial charge < -0.3 is 4.74 Å². The molecule has 7 heteroatoms. The Morgan fingerprint density at radius 2 is 2.07 bits per heavy atom. The molecule has 152 valence electrons. The van der Waals surface area contributed by atoms with Crippen LogP contribution in [0.15, 0.2) is 54.4 Å². The van der Waals surface area contributed by atoms with Gasteiger partial charge in [-0.3, -0.25) is 4.57 Å². The zero-order valence-corrected chi connectivity index (χ0v) is 17.1. The molecule has 7 nitrogen and oxygen atoms in total. The van der Waals surface area contributed by atoms with Gasteiger partial charge in [-0.05, 0) is 31.4 Å².